The van der Waals surface area contributed by atoms with E-state index in [1.807, 2.05) is 48.5 Å². The van der Waals surface area contributed by atoms with Gasteiger partial charge >= 0.3 is 5.97 Å². The van der Waals surface area contributed by atoms with E-state index in [1.165, 1.54) is 11.8 Å². The lowest BCUT2D eigenvalue weighted by molar-refractivity contribution is -0.133. The summed E-state index contributed by atoms with van der Waals surface area (Å²) in [7, 11) is 0. The number of carbonyl (C=O) groups is 1. The molecular formula is C15H15N3O2S. The molecule has 0 saturated carbocycles. The maximum absolute atomic E-state index is 10.5. The molecular weight excluding hydrogens is 286 g/mol. The summed E-state index contributed by atoms with van der Waals surface area (Å²) in [6.07, 6.45) is 0. The van der Waals surface area contributed by atoms with Crippen molar-refractivity contribution in [1.82, 2.24) is 0 Å². The van der Waals surface area contributed by atoms with Crippen molar-refractivity contribution in [3.05, 3.63) is 54.1 Å². The lowest BCUT2D eigenvalue weighted by atomic mass is 10.2. The van der Waals surface area contributed by atoms with E-state index in [1.54, 1.807) is 0 Å². The summed E-state index contributed by atoms with van der Waals surface area (Å²) in [5.74, 6) is -0.779. The zero-order valence-corrected chi connectivity index (χ0v) is 12.1. The summed E-state index contributed by atoms with van der Waals surface area (Å²) in [5, 5.41) is 16.9. The highest BCUT2D eigenvalue weighted by molar-refractivity contribution is 8.00. The highest BCUT2D eigenvalue weighted by Crippen LogP contribution is 2.23. The van der Waals surface area contributed by atoms with E-state index in [0.29, 0.717) is 6.54 Å². The van der Waals surface area contributed by atoms with Crippen LogP contribution in [0.25, 0.3) is 0 Å². The number of aliphatic carboxylic acids is 1. The van der Waals surface area contributed by atoms with Gasteiger partial charge in [-0.25, -0.2) is 0 Å². The van der Waals surface area contributed by atoms with Gasteiger partial charge in [0.15, 0.2) is 0 Å². The van der Waals surface area contributed by atoms with Crippen molar-refractivity contribution in [1.29, 1.82) is 0 Å². The minimum Gasteiger partial charge on any atom is -0.481 e. The minimum absolute atomic E-state index is 0.0500. The average molecular weight is 301 g/mol. The fourth-order valence-corrected chi connectivity index (χ4v) is 2.19. The van der Waals surface area contributed by atoms with Crippen molar-refractivity contribution in [2.45, 2.75) is 11.4 Å². The van der Waals surface area contributed by atoms with Crippen LogP contribution in [0.2, 0.25) is 0 Å². The van der Waals surface area contributed by atoms with Gasteiger partial charge in [-0.2, -0.15) is 10.2 Å². The van der Waals surface area contributed by atoms with Gasteiger partial charge in [-0.05, 0) is 42.0 Å². The molecule has 0 aromatic heterocycles. The molecule has 0 amide bonds. The molecule has 108 valence electrons. The van der Waals surface area contributed by atoms with Crippen LogP contribution in [0.5, 0.6) is 0 Å². The Bertz CT molecular complexity index is 624. The van der Waals surface area contributed by atoms with E-state index >= 15 is 0 Å². The maximum atomic E-state index is 10.5. The topological polar surface area (TPSA) is 88.0 Å². The Balaban J connectivity index is 1.98. The first kappa shape index (κ1) is 15.2. The molecule has 0 aliphatic heterocycles. The number of azo groups is 1. The number of thioether (sulfide) groups is 1. The Hall–Kier alpha value is -2.18. The van der Waals surface area contributed by atoms with Crippen LogP contribution < -0.4 is 5.73 Å². The van der Waals surface area contributed by atoms with E-state index in [0.717, 1.165) is 21.8 Å². The Morgan fingerprint density at radius 2 is 1.52 bits per heavy atom. The average Bonchev–Trinajstić information content (AvgIpc) is 2.52. The summed E-state index contributed by atoms with van der Waals surface area (Å²) in [4.78, 5) is 11.4. The molecule has 0 spiro atoms. The zero-order chi connectivity index (χ0) is 15.1. The first-order valence-corrected chi connectivity index (χ1v) is 7.31. The van der Waals surface area contributed by atoms with E-state index < -0.39 is 5.97 Å². The number of nitrogens with zero attached hydrogens (tertiary/aromatic N) is 2. The fraction of sp³-hybridized carbons (Fsp3) is 0.133. The predicted octanol–water partition coefficient (Wildman–Crippen LogP) is 3.74. The summed E-state index contributed by atoms with van der Waals surface area (Å²) in [6.45, 7) is 0.507. The molecule has 2 aromatic carbocycles. The molecule has 0 fully saturated rings. The third kappa shape index (κ3) is 5.02. The molecule has 2 rings (SSSR count). The molecule has 21 heavy (non-hydrogen) atoms. The van der Waals surface area contributed by atoms with Crippen LogP contribution in [0.4, 0.5) is 11.4 Å². The van der Waals surface area contributed by atoms with Crippen LogP contribution in [-0.2, 0) is 11.3 Å². The van der Waals surface area contributed by atoms with Gasteiger partial charge in [0.2, 0.25) is 0 Å². The molecule has 0 atom stereocenters. The SMILES string of the molecule is NCc1ccc(N=Nc2ccc(SCC(=O)O)cc2)cc1. The number of nitrogens with two attached hydrogens (primary N) is 1. The van der Waals surface area contributed by atoms with Gasteiger partial charge in [-0.3, -0.25) is 4.79 Å². The van der Waals surface area contributed by atoms with E-state index in [4.69, 9.17) is 10.8 Å². The van der Waals surface area contributed by atoms with Crippen LogP contribution in [0, 0.1) is 0 Å². The molecule has 0 bridgehead atoms. The third-order valence-corrected chi connectivity index (χ3v) is 3.65. The zero-order valence-electron chi connectivity index (χ0n) is 11.3. The summed E-state index contributed by atoms with van der Waals surface area (Å²) in [6, 6.07) is 14.8. The molecule has 5 nitrogen and oxygen atoms in total. The second-order valence-corrected chi connectivity index (χ2v) is 5.30. The fourth-order valence-electron chi connectivity index (χ4n) is 1.57. The Labute approximate surface area is 126 Å². The molecule has 0 aliphatic carbocycles. The largest absolute Gasteiger partial charge is 0.481 e. The second-order valence-electron chi connectivity index (χ2n) is 4.25. The van der Waals surface area contributed by atoms with Crippen LogP contribution >= 0.6 is 11.8 Å². The van der Waals surface area contributed by atoms with Crippen LogP contribution in [0.15, 0.2) is 63.7 Å². The number of hydrogen-bond donors (Lipinski definition) is 2. The monoisotopic (exact) mass is 301 g/mol. The lowest BCUT2D eigenvalue weighted by Gasteiger charge is -1.99. The van der Waals surface area contributed by atoms with Crippen molar-refractivity contribution in [2.75, 3.05) is 5.75 Å². The molecule has 0 radical (unpaired) electrons. The smallest absolute Gasteiger partial charge is 0.313 e. The molecule has 6 heteroatoms. The normalized spacial score (nSPS) is 10.9. The summed E-state index contributed by atoms with van der Waals surface area (Å²) >= 11 is 1.27. The van der Waals surface area contributed by atoms with Crippen molar-refractivity contribution in [3.8, 4) is 0 Å². The van der Waals surface area contributed by atoms with Gasteiger partial charge in [-0.1, -0.05) is 12.1 Å². The molecule has 0 saturated heterocycles. The van der Waals surface area contributed by atoms with Gasteiger partial charge in [-0.15, -0.1) is 11.8 Å². The van der Waals surface area contributed by atoms with E-state index in [2.05, 4.69) is 10.2 Å². The first-order chi connectivity index (χ1) is 10.2. The van der Waals surface area contributed by atoms with Gasteiger partial charge in [0.1, 0.15) is 0 Å². The number of hydrogen-bond acceptors (Lipinski definition) is 5. The van der Waals surface area contributed by atoms with Gasteiger partial charge in [0.25, 0.3) is 0 Å². The third-order valence-electron chi connectivity index (χ3n) is 2.65. The van der Waals surface area contributed by atoms with Crippen molar-refractivity contribution in [2.24, 2.45) is 16.0 Å². The van der Waals surface area contributed by atoms with Crippen LogP contribution in [-0.4, -0.2) is 16.8 Å². The Morgan fingerprint density at radius 3 is 2.00 bits per heavy atom. The molecule has 2 aromatic rings. The first-order valence-electron chi connectivity index (χ1n) is 6.33. The Kier molecular flexibility index (Phi) is 5.48. The van der Waals surface area contributed by atoms with Gasteiger partial charge in [0, 0.05) is 11.4 Å². The minimum atomic E-state index is -0.829. The number of carboxylic acids is 1. The molecule has 3 N–H and O–H groups in total. The highest BCUT2D eigenvalue weighted by atomic mass is 32.2. The van der Waals surface area contributed by atoms with Gasteiger partial charge < -0.3 is 10.8 Å². The lowest BCUT2D eigenvalue weighted by Crippen LogP contribution is -1.96. The molecule has 0 heterocycles. The van der Waals surface area contributed by atoms with Crippen molar-refractivity contribution in [3.63, 3.8) is 0 Å². The molecule has 0 aliphatic rings. The number of benzene rings is 2. The number of rotatable bonds is 6. The highest BCUT2D eigenvalue weighted by Gasteiger charge is 1.99. The van der Waals surface area contributed by atoms with Crippen LogP contribution in [0.3, 0.4) is 0 Å². The second kappa shape index (κ2) is 7.56. The quantitative estimate of drug-likeness (QED) is 0.628. The van der Waals surface area contributed by atoms with Crippen molar-refractivity contribution >= 4 is 29.1 Å². The molecule has 0 unspecified atom stereocenters. The standard InChI is InChI=1S/C15H15N3O2S/c16-9-11-1-3-12(4-2-11)17-18-13-5-7-14(8-6-13)21-10-15(19)20/h1-8H,9-10,16H2,(H,19,20). The number of carboxylic acid groups (broad SMARTS) is 1. The van der Waals surface area contributed by atoms with E-state index in [-0.39, 0.29) is 5.75 Å². The summed E-state index contributed by atoms with van der Waals surface area (Å²) in [5.41, 5.74) is 8.06. The van der Waals surface area contributed by atoms with Crippen LogP contribution in [0.1, 0.15) is 5.56 Å². The van der Waals surface area contributed by atoms with Crippen molar-refractivity contribution < 1.29 is 9.90 Å². The van der Waals surface area contributed by atoms with Gasteiger partial charge in [0.05, 0.1) is 17.1 Å². The Morgan fingerprint density at radius 1 is 1.00 bits per heavy atom. The maximum Gasteiger partial charge on any atom is 0.313 e. The summed E-state index contributed by atoms with van der Waals surface area (Å²) < 4.78 is 0. The predicted molar refractivity (Wildman–Crippen MR) is 83.3 cm³/mol. The van der Waals surface area contributed by atoms with E-state index in [9.17, 15) is 4.79 Å².